The van der Waals surface area contributed by atoms with Gasteiger partial charge in [0.25, 0.3) is 0 Å². The molecule has 0 aromatic heterocycles. The van der Waals surface area contributed by atoms with Gasteiger partial charge in [0, 0.05) is 5.56 Å². The Hall–Kier alpha value is -3.33. The van der Waals surface area contributed by atoms with Gasteiger partial charge in [-0.25, -0.2) is 14.0 Å². The smallest absolute Gasteiger partial charge is 0.342 e. The molecule has 2 aromatic carbocycles. The first-order valence-electron chi connectivity index (χ1n) is 8.30. The lowest BCUT2D eigenvalue weighted by atomic mass is 9.99. The molecule has 0 atom stereocenters. The largest absolute Gasteiger partial charge is 0.496 e. The summed E-state index contributed by atoms with van der Waals surface area (Å²) in [6, 6.07) is 9.03. The highest BCUT2D eigenvalue weighted by Crippen LogP contribution is 2.31. The second-order valence-corrected chi connectivity index (χ2v) is 6.58. The molecule has 0 aliphatic heterocycles. The highest BCUT2D eigenvalue weighted by molar-refractivity contribution is 5.95. The number of terminal acetylenes is 1. The molecular weight excluding hydrogens is 363 g/mol. The van der Waals surface area contributed by atoms with Crippen molar-refractivity contribution in [1.82, 2.24) is 0 Å². The molecule has 0 N–H and O–H groups in total. The minimum atomic E-state index is -0.773. The van der Waals surface area contributed by atoms with Crippen LogP contribution in [0.5, 0.6) is 5.75 Å². The SMILES string of the molecule is C#C.COC(=O)c1cccc(-c2ccc(OC)c(C(=O)OC(C)(C)C)c2)c1F. The highest BCUT2D eigenvalue weighted by Gasteiger charge is 2.23. The maximum atomic E-state index is 14.7. The van der Waals surface area contributed by atoms with E-state index >= 15 is 0 Å². The summed E-state index contributed by atoms with van der Waals surface area (Å²) in [5.41, 5.74) is -0.119. The summed E-state index contributed by atoms with van der Waals surface area (Å²) < 4.78 is 29.9. The lowest BCUT2D eigenvalue weighted by Crippen LogP contribution is -2.24. The minimum Gasteiger partial charge on any atom is -0.496 e. The lowest BCUT2D eigenvalue weighted by Gasteiger charge is -2.20. The molecule has 0 amide bonds. The standard InChI is InChI=1S/C20H21FO5.C2H2/c1-20(2,3)26-19(23)15-11-12(9-10-16(15)24-4)13-7-6-8-14(17(13)21)18(22)25-5;1-2/h6-11H,1-5H3;1-2H. The van der Waals surface area contributed by atoms with Crippen molar-refractivity contribution in [2.24, 2.45) is 0 Å². The summed E-state index contributed by atoms with van der Waals surface area (Å²) in [6.07, 6.45) is 8.00. The van der Waals surface area contributed by atoms with Crippen LogP contribution in [0.4, 0.5) is 4.39 Å². The number of hydrogen-bond acceptors (Lipinski definition) is 5. The van der Waals surface area contributed by atoms with Crippen LogP contribution in [0.3, 0.4) is 0 Å². The summed E-state index contributed by atoms with van der Waals surface area (Å²) in [7, 11) is 2.61. The van der Waals surface area contributed by atoms with Gasteiger partial charge in [-0.1, -0.05) is 18.2 Å². The molecule has 0 bridgehead atoms. The Morgan fingerprint density at radius 1 is 0.964 bits per heavy atom. The van der Waals surface area contributed by atoms with Gasteiger partial charge in [0.15, 0.2) is 0 Å². The maximum Gasteiger partial charge on any atom is 0.342 e. The minimum absolute atomic E-state index is 0.167. The van der Waals surface area contributed by atoms with Gasteiger partial charge in [0.1, 0.15) is 22.7 Å². The van der Waals surface area contributed by atoms with Crippen LogP contribution >= 0.6 is 0 Å². The van der Waals surface area contributed by atoms with E-state index in [4.69, 9.17) is 9.47 Å². The van der Waals surface area contributed by atoms with Crippen LogP contribution in [-0.4, -0.2) is 31.8 Å². The van der Waals surface area contributed by atoms with Crippen molar-refractivity contribution in [2.75, 3.05) is 14.2 Å². The van der Waals surface area contributed by atoms with Crippen LogP contribution in [0.2, 0.25) is 0 Å². The Kier molecular flexibility index (Phi) is 7.75. The monoisotopic (exact) mass is 386 g/mol. The topological polar surface area (TPSA) is 61.8 Å². The number of hydrogen-bond donors (Lipinski definition) is 0. The molecule has 0 spiro atoms. The number of methoxy groups -OCH3 is 2. The van der Waals surface area contributed by atoms with Crippen molar-refractivity contribution in [3.63, 3.8) is 0 Å². The third-order valence-electron chi connectivity index (χ3n) is 3.53. The lowest BCUT2D eigenvalue weighted by molar-refractivity contribution is 0.00663. The van der Waals surface area contributed by atoms with E-state index in [1.807, 2.05) is 0 Å². The molecule has 5 nitrogen and oxygen atoms in total. The number of carbonyl (C=O) groups is 2. The van der Waals surface area contributed by atoms with Crippen LogP contribution in [0.25, 0.3) is 11.1 Å². The summed E-state index contributed by atoms with van der Waals surface area (Å²) >= 11 is 0. The van der Waals surface area contributed by atoms with E-state index in [0.717, 1.165) is 0 Å². The molecule has 2 rings (SSSR count). The Labute approximate surface area is 164 Å². The van der Waals surface area contributed by atoms with Crippen LogP contribution < -0.4 is 4.74 Å². The predicted octanol–water partition coefficient (Wildman–Crippen LogP) is 4.49. The van der Waals surface area contributed by atoms with E-state index < -0.39 is 23.4 Å². The molecule has 28 heavy (non-hydrogen) atoms. The van der Waals surface area contributed by atoms with E-state index in [9.17, 15) is 14.0 Å². The molecular formula is C22H23FO5. The molecule has 0 unspecified atom stereocenters. The number of ether oxygens (including phenoxy) is 3. The van der Waals surface area contributed by atoms with Crippen LogP contribution in [-0.2, 0) is 9.47 Å². The average Bonchev–Trinajstić information content (AvgIpc) is 2.67. The Bertz CT molecular complexity index is 878. The van der Waals surface area contributed by atoms with Crippen molar-refractivity contribution >= 4 is 11.9 Å². The Morgan fingerprint density at radius 2 is 1.61 bits per heavy atom. The second-order valence-electron chi connectivity index (χ2n) is 6.58. The van der Waals surface area contributed by atoms with Crippen molar-refractivity contribution < 1.29 is 28.2 Å². The molecule has 0 radical (unpaired) electrons. The zero-order valence-corrected chi connectivity index (χ0v) is 16.5. The Balaban J connectivity index is 0.00000190. The van der Waals surface area contributed by atoms with Crippen LogP contribution in [0.1, 0.15) is 41.5 Å². The molecule has 0 heterocycles. The second kappa shape index (κ2) is 9.56. The normalized spacial score (nSPS) is 10.3. The molecule has 0 saturated carbocycles. The first kappa shape index (κ1) is 22.7. The van der Waals surface area contributed by atoms with E-state index in [1.165, 1.54) is 32.4 Å². The fourth-order valence-corrected chi connectivity index (χ4v) is 2.39. The first-order valence-corrected chi connectivity index (χ1v) is 8.30. The van der Waals surface area contributed by atoms with Crippen molar-refractivity contribution in [2.45, 2.75) is 26.4 Å². The van der Waals surface area contributed by atoms with Crippen molar-refractivity contribution in [3.8, 4) is 29.7 Å². The van der Waals surface area contributed by atoms with Crippen molar-refractivity contribution in [1.29, 1.82) is 0 Å². The van der Waals surface area contributed by atoms with Gasteiger partial charge < -0.3 is 14.2 Å². The predicted molar refractivity (Wildman–Crippen MR) is 105 cm³/mol. The molecule has 0 fully saturated rings. The fourth-order valence-electron chi connectivity index (χ4n) is 2.39. The van der Waals surface area contributed by atoms with E-state index in [-0.39, 0.29) is 16.7 Å². The summed E-state index contributed by atoms with van der Waals surface area (Å²) in [6.45, 7) is 5.25. The number of esters is 2. The highest BCUT2D eigenvalue weighted by atomic mass is 19.1. The van der Waals surface area contributed by atoms with Gasteiger partial charge in [-0.05, 0) is 44.5 Å². The summed E-state index contributed by atoms with van der Waals surface area (Å²) in [4.78, 5) is 24.2. The average molecular weight is 386 g/mol. The Morgan fingerprint density at radius 3 is 2.14 bits per heavy atom. The van der Waals surface area contributed by atoms with E-state index in [0.29, 0.717) is 11.3 Å². The van der Waals surface area contributed by atoms with Gasteiger partial charge in [-0.2, -0.15) is 0 Å². The maximum absolute atomic E-state index is 14.7. The molecule has 0 aliphatic rings. The molecule has 0 aliphatic carbocycles. The van der Waals surface area contributed by atoms with Gasteiger partial charge in [-0.3, -0.25) is 0 Å². The zero-order valence-electron chi connectivity index (χ0n) is 16.5. The third-order valence-corrected chi connectivity index (χ3v) is 3.53. The number of rotatable bonds is 4. The third kappa shape index (κ3) is 5.34. The number of carbonyl (C=O) groups excluding carboxylic acids is 2. The molecule has 148 valence electrons. The molecule has 2 aromatic rings. The van der Waals surface area contributed by atoms with E-state index in [1.54, 1.807) is 39.0 Å². The van der Waals surface area contributed by atoms with Crippen molar-refractivity contribution in [3.05, 3.63) is 53.3 Å². The summed E-state index contributed by atoms with van der Waals surface area (Å²) in [5, 5.41) is 0. The van der Waals surface area contributed by atoms with Crippen LogP contribution in [0.15, 0.2) is 36.4 Å². The first-order chi connectivity index (χ1) is 13.2. The fraction of sp³-hybridized carbons (Fsp3) is 0.273. The molecule has 6 heteroatoms. The van der Waals surface area contributed by atoms with Gasteiger partial charge in [0.2, 0.25) is 0 Å². The van der Waals surface area contributed by atoms with Crippen LogP contribution in [0, 0.1) is 18.7 Å². The van der Waals surface area contributed by atoms with Gasteiger partial charge >= 0.3 is 11.9 Å². The zero-order chi connectivity index (χ0) is 21.5. The number of halogens is 1. The van der Waals surface area contributed by atoms with Gasteiger partial charge in [-0.15, -0.1) is 12.8 Å². The van der Waals surface area contributed by atoms with E-state index in [2.05, 4.69) is 17.6 Å². The quantitative estimate of drug-likeness (QED) is 0.572. The number of benzene rings is 2. The van der Waals surface area contributed by atoms with Gasteiger partial charge in [0.05, 0.1) is 19.8 Å². The molecule has 0 saturated heterocycles. The summed E-state index contributed by atoms with van der Waals surface area (Å²) in [5.74, 6) is -1.77.